The maximum atomic E-state index is 10.9. The normalized spacial score (nSPS) is 12.7. The van der Waals surface area contributed by atoms with Crippen LogP contribution in [0, 0.1) is 0 Å². The lowest BCUT2D eigenvalue weighted by atomic mass is 10.2. The number of carboxylic acids is 1. The van der Waals surface area contributed by atoms with Gasteiger partial charge in [-0.05, 0) is 6.92 Å². The highest BCUT2D eigenvalue weighted by Crippen LogP contribution is 2.44. The third-order valence-corrected chi connectivity index (χ3v) is 2.14. The summed E-state index contributed by atoms with van der Waals surface area (Å²) in [5.41, 5.74) is -0.00361. The smallest absolute Gasteiger partial charge is 0.411 e. The number of hydrogen-bond acceptors (Lipinski definition) is 5. The number of Topliss-reactive ketones (excluding diaryl/α,β-unsaturated/α-hetero) is 1. The fourth-order valence-electron chi connectivity index (χ4n) is 0.655. The number of rotatable bonds is 5. The predicted octanol–water partition coefficient (Wildman–Crippen LogP) is -0.284. The standard InChI is InChI=1S/C7H11O6P/c1-5(7(9)10)2-3-6(8)4-14(11,12)13/h2,11-13H,3-4H2,1H3/p+1. The summed E-state index contributed by atoms with van der Waals surface area (Å²) < 4.78 is 0. The summed E-state index contributed by atoms with van der Waals surface area (Å²) in [5.74, 6) is -1.76. The minimum atomic E-state index is -4.08. The van der Waals surface area contributed by atoms with Gasteiger partial charge < -0.3 is 5.11 Å². The van der Waals surface area contributed by atoms with Gasteiger partial charge in [0.1, 0.15) is 0 Å². The third kappa shape index (κ3) is 6.68. The zero-order valence-electron chi connectivity index (χ0n) is 7.54. The first-order valence-electron chi connectivity index (χ1n) is 3.70. The van der Waals surface area contributed by atoms with E-state index in [1.807, 2.05) is 0 Å². The zero-order chi connectivity index (χ0) is 11.4. The number of hydrogen-bond donors (Lipinski definition) is 4. The van der Waals surface area contributed by atoms with Crippen molar-refractivity contribution in [3.63, 3.8) is 0 Å². The SMILES string of the molecule is CC(=CCC(=O)C[P+](O)(O)O)C(=O)O. The van der Waals surface area contributed by atoms with Crippen LogP contribution in [0.2, 0.25) is 0 Å². The lowest BCUT2D eigenvalue weighted by Crippen LogP contribution is -2.08. The van der Waals surface area contributed by atoms with Crippen molar-refractivity contribution in [1.82, 2.24) is 0 Å². The van der Waals surface area contributed by atoms with Crippen molar-refractivity contribution < 1.29 is 29.4 Å². The van der Waals surface area contributed by atoms with Crippen molar-refractivity contribution in [3.05, 3.63) is 11.6 Å². The molecule has 0 aromatic carbocycles. The summed E-state index contributed by atoms with van der Waals surface area (Å²) in [6, 6.07) is 0. The second-order valence-electron chi connectivity index (χ2n) is 2.79. The number of allylic oxidation sites excluding steroid dienone is 1. The van der Waals surface area contributed by atoms with E-state index in [-0.39, 0.29) is 12.0 Å². The fraction of sp³-hybridized carbons (Fsp3) is 0.429. The molecule has 0 aromatic heterocycles. The Kier molecular flexibility index (Phi) is 4.87. The predicted molar refractivity (Wildman–Crippen MR) is 49.5 cm³/mol. The van der Waals surface area contributed by atoms with E-state index in [0.717, 1.165) is 6.08 Å². The molecular formula is C7H12O6P+. The Morgan fingerprint density at radius 3 is 2.14 bits per heavy atom. The van der Waals surface area contributed by atoms with Crippen LogP contribution in [0.4, 0.5) is 0 Å². The Morgan fingerprint density at radius 2 is 1.79 bits per heavy atom. The Morgan fingerprint density at radius 1 is 1.29 bits per heavy atom. The minimum Gasteiger partial charge on any atom is -0.478 e. The summed E-state index contributed by atoms with van der Waals surface area (Å²) in [4.78, 5) is 46.8. The molecule has 0 heterocycles. The van der Waals surface area contributed by atoms with Gasteiger partial charge in [0, 0.05) is 12.0 Å². The van der Waals surface area contributed by atoms with E-state index in [2.05, 4.69) is 0 Å². The number of aliphatic carboxylic acids is 1. The molecule has 0 atom stereocenters. The summed E-state index contributed by atoms with van der Waals surface area (Å²) in [7, 11) is -4.08. The molecule has 0 unspecified atom stereocenters. The molecule has 0 amide bonds. The van der Waals surface area contributed by atoms with E-state index in [0.29, 0.717) is 0 Å². The summed E-state index contributed by atoms with van der Waals surface area (Å²) in [6.07, 6.45) is 0.179. The lowest BCUT2D eigenvalue weighted by Gasteiger charge is -2.01. The van der Waals surface area contributed by atoms with Crippen LogP contribution in [0.25, 0.3) is 0 Å². The van der Waals surface area contributed by atoms with Gasteiger partial charge in [-0.2, -0.15) is 14.7 Å². The molecule has 0 aliphatic rings. The molecule has 4 N–H and O–H groups in total. The second-order valence-corrected chi connectivity index (χ2v) is 4.49. The lowest BCUT2D eigenvalue weighted by molar-refractivity contribution is -0.132. The van der Waals surface area contributed by atoms with E-state index in [9.17, 15) is 9.59 Å². The molecule has 0 aliphatic heterocycles. The topological polar surface area (TPSA) is 115 Å². The molecule has 0 bridgehead atoms. The quantitative estimate of drug-likeness (QED) is 0.376. The fourth-order valence-corrected chi connectivity index (χ4v) is 1.26. The number of carboxylic acid groups (broad SMARTS) is 1. The van der Waals surface area contributed by atoms with Crippen molar-refractivity contribution in [2.24, 2.45) is 0 Å². The third-order valence-electron chi connectivity index (χ3n) is 1.36. The number of carbonyl (C=O) groups excluding carboxylic acids is 1. The second kappa shape index (κ2) is 5.17. The van der Waals surface area contributed by atoms with Gasteiger partial charge >= 0.3 is 13.9 Å². The van der Waals surface area contributed by atoms with Gasteiger partial charge in [-0.1, -0.05) is 6.08 Å². The van der Waals surface area contributed by atoms with Crippen molar-refractivity contribution in [2.45, 2.75) is 13.3 Å². The molecule has 7 heteroatoms. The highest BCUT2D eigenvalue weighted by Gasteiger charge is 2.32. The van der Waals surface area contributed by atoms with E-state index >= 15 is 0 Å². The first kappa shape index (κ1) is 13.2. The van der Waals surface area contributed by atoms with E-state index in [1.54, 1.807) is 0 Å². The highest BCUT2D eigenvalue weighted by molar-refractivity contribution is 7.59. The van der Waals surface area contributed by atoms with Crippen LogP contribution in [-0.2, 0) is 9.59 Å². The molecule has 80 valence electrons. The van der Waals surface area contributed by atoms with Crippen LogP contribution in [0.5, 0.6) is 0 Å². The molecule has 0 fully saturated rings. The largest absolute Gasteiger partial charge is 0.478 e. The maximum Gasteiger partial charge on any atom is 0.411 e. The molecule has 0 aliphatic carbocycles. The van der Waals surface area contributed by atoms with E-state index in [1.165, 1.54) is 6.92 Å². The molecular weight excluding hydrogens is 211 g/mol. The molecule has 6 nitrogen and oxygen atoms in total. The van der Waals surface area contributed by atoms with Gasteiger partial charge in [0.15, 0.2) is 11.9 Å². The van der Waals surface area contributed by atoms with Crippen LogP contribution in [0.15, 0.2) is 11.6 Å². The minimum absolute atomic E-state index is 0.00361. The first-order chi connectivity index (χ1) is 6.22. The molecule has 0 spiro atoms. The Hall–Kier alpha value is -0.810. The average Bonchev–Trinajstić information content (AvgIpc) is 1.96. The molecule has 0 saturated heterocycles. The van der Waals surface area contributed by atoms with Gasteiger partial charge in [-0.25, -0.2) is 4.79 Å². The van der Waals surface area contributed by atoms with Crippen LogP contribution < -0.4 is 0 Å². The van der Waals surface area contributed by atoms with Crippen molar-refractivity contribution in [1.29, 1.82) is 0 Å². The molecule has 0 radical (unpaired) electrons. The van der Waals surface area contributed by atoms with Gasteiger partial charge in [-0.3, -0.25) is 4.79 Å². The van der Waals surface area contributed by atoms with Crippen molar-refractivity contribution in [2.75, 3.05) is 6.16 Å². The van der Waals surface area contributed by atoms with Crippen LogP contribution in [-0.4, -0.2) is 37.7 Å². The van der Waals surface area contributed by atoms with Crippen molar-refractivity contribution in [3.8, 4) is 0 Å². The van der Waals surface area contributed by atoms with Gasteiger partial charge in [0.25, 0.3) is 0 Å². The van der Waals surface area contributed by atoms with Crippen LogP contribution in [0.1, 0.15) is 13.3 Å². The maximum absolute atomic E-state index is 10.9. The van der Waals surface area contributed by atoms with Crippen molar-refractivity contribution >= 4 is 19.7 Å². The molecule has 0 rings (SSSR count). The Bertz CT molecular complexity index is 264. The van der Waals surface area contributed by atoms with Crippen LogP contribution >= 0.6 is 7.94 Å². The number of ketones is 1. The van der Waals surface area contributed by atoms with E-state index < -0.39 is 25.9 Å². The summed E-state index contributed by atoms with van der Waals surface area (Å²) in [5, 5.41) is 8.41. The zero-order valence-corrected chi connectivity index (χ0v) is 8.44. The highest BCUT2D eigenvalue weighted by atomic mass is 31.2. The molecule has 0 aromatic rings. The average molecular weight is 223 g/mol. The van der Waals surface area contributed by atoms with Gasteiger partial charge in [0.2, 0.25) is 0 Å². The molecule has 0 saturated carbocycles. The van der Waals surface area contributed by atoms with Gasteiger partial charge in [-0.15, -0.1) is 0 Å². The molecule has 14 heavy (non-hydrogen) atoms. The summed E-state index contributed by atoms with van der Waals surface area (Å²) in [6.45, 7) is 1.31. The van der Waals surface area contributed by atoms with E-state index in [4.69, 9.17) is 19.8 Å². The monoisotopic (exact) mass is 223 g/mol. The number of carbonyl (C=O) groups is 2. The van der Waals surface area contributed by atoms with Gasteiger partial charge in [0.05, 0.1) is 0 Å². The van der Waals surface area contributed by atoms with Crippen LogP contribution in [0.3, 0.4) is 0 Å². The summed E-state index contributed by atoms with van der Waals surface area (Å²) >= 11 is 0. The Labute approximate surface area is 81.1 Å². The Balaban J connectivity index is 4.10. The first-order valence-corrected chi connectivity index (χ1v) is 5.53.